The first-order valence-corrected chi connectivity index (χ1v) is 7.09. The Morgan fingerprint density at radius 3 is 2.85 bits per heavy atom. The van der Waals surface area contributed by atoms with Crippen molar-refractivity contribution in [2.75, 3.05) is 25.0 Å². The van der Waals surface area contributed by atoms with Gasteiger partial charge in [0.25, 0.3) is 0 Å². The molecule has 0 radical (unpaired) electrons. The molecule has 5 heteroatoms. The number of hydrogen-bond acceptors (Lipinski definition) is 4. The van der Waals surface area contributed by atoms with Crippen LogP contribution in [0.3, 0.4) is 0 Å². The molecule has 0 spiro atoms. The van der Waals surface area contributed by atoms with Crippen molar-refractivity contribution in [1.29, 1.82) is 0 Å². The second-order valence-corrected chi connectivity index (χ2v) is 5.39. The summed E-state index contributed by atoms with van der Waals surface area (Å²) in [5.74, 6) is 1.29. The van der Waals surface area contributed by atoms with Gasteiger partial charge in [0.1, 0.15) is 6.54 Å². The average molecular weight is 297 g/mol. The second-order valence-electron chi connectivity index (χ2n) is 5.39. The summed E-state index contributed by atoms with van der Waals surface area (Å²) < 4.78 is 5.17. The smallest absolute Gasteiger partial charge is 0.330 e. The van der Waals surface area contributed by atoms with Crippen molar-refractivity contribution in [3.8, 4) is 5.75 Å². The monoisotopic (exact) mass is 296 g/mol. The summed E-state index contributed by atoms with van der Waals surface area (Å²) in [6.07, 6.45) is 4.94. The quantitative estimate of drug-likeness (QED) is 0.664. The van der Waals surface area contributed by atoms with E-state index in [-0.39, 0.29) is 24.9 Å². The fourth-order valence-electron chi connectivity index (χ4n) is 2.83. The van der Waals surface area contributed by atoms with Gasteiger partial charge in [-0.05, 0) is 62.4 Å². The summed E-state index contributed by atoms with van der Waals surface area (Å²) in [6.45, 7) is 2.59. The molecule has 0 amide bonds. The van der Waals surface area contributed by atoms with E-state index >= 15 is 0 Å². The Morgan fingerprint density at radius 1 is 1.25 bits per heavy atom. The van der Waals surface area contributed by atoms with E-state index in [4.69, 9.17) is 4.74 Å². The van der Waals surface area contributed by atoms with Gasteiger partial charge in [-0.3, -0.25) is 0 Å². The fourth-order valence-corrected chi connectivity index (χ4v) is 2.83. The van der Waals surface area contributed by atoms with Gasteiger partial charge in [0.2, 0.25) is 0 Å². The number of carbonyl (C=O) groups is 1. The maximum absolute atomic E-state index is 11.2. The molecule has 0 aromatic heterocycles. The van der Waals surface area contributed by atoms with E-state index in [1.165, 1.54) is 24.8 Å². The Labute approximate surface area is 125 Å². The predicted molar refractivity (Wildman–Crippen MR) is 81.7 cm³/mol. The number of fused-ring (bicyclic) bond motifs is 1. The number of ether oxygens (including phenoxy) is 1. The maximum atomic E-state index is 11.2. The lowest BCUT2D eigenvalue weighted by atomic mass is 9.91. The van der Waals surface area contributed by atoms with E-state index < -0.39 is 0 Å². The summed E-state index contributed by atoms with van der Waals surface area (Å²) in [5, 5.41) is 6.51. The minimum atomic E-state index is -0.213. The predicted octanol–water partition coefficient (Wildman–Crippen LogP) is 2.37. The zero-order valence-electron chi connectivity index (χ0n) is 11.5. The van der Waals surface area contributed by atoms with Crippen molar-refractivity contribution in [3.05, 3.63) is 23.8 Å². The molecule has 1 aromatic carbocycles. The zero-order chi connectivity index (χ0) is 13.1. The van der Waals surface area contributed by atoms with Crippen molar-refractivity contribution in [3.63, 3.8) is 0 Å². The summed E-state index contributed by atoms with van der Waals surface area (Å²) in [5.41, 5.74) is 2.27. The molecule has 20 heavy (non-hydrogen) atoms. The highest BCUT2D eigenvalue weighted by Gasteiger charge is 2.17. The first-order chi connectivity index (χ1) is 9.31. The Hall–Kier alpha value is -1.26. The highest BCUT2D eigenvalue weighted by molar-refractivity contribution is 5.85. The highest BCUT2D eigenvalue weighted by Crippen LogP contribution is 2.29. The normalized spacial score (nSPS) is 18.5. The fraction of sp³-hybridized carbons (Fsp3) is 0.533. The van der Waals surface area contributed by atoms with Crippen molar-refractivity contribution in [1.82, 2.24) is 5.32 Å². The van der Waals surface area contributed by atoms with Gasteiger partial charge in [-0.2, -0.15) is 0 Å². The van der Waals surface area contributed by atoms with E-state index in [1.807, 2.05) is 6.07 Å². The number of aryl methyl sites for hydroxylation is 1. The van der Waals surface area contributed by atoms with Crippen LogP contribution < -0.4 is 15.4 Å². The van der Waals surface area contributed by atoms with E-state index in [0.717, 1.165) is 31.1 Å². The lowest BCUT2D eigenvalue weighted by molar-refractivity contribution is -0.132. The molecule has 2 aliphatic heterocycles. The molecule has 0 aliphatic carbocycles. The molecule has 2 aliphatic rings. The number of hydrogen-bond donors (Lipinski definition) is 2. The molecule has 0 unspecified atom stereocenters. The molecule has 1 aromatic rings. The number of benzene rings is 1. The van der Waals surface area contributed by atoms with Crippen molar-refractivity contribution in [2.24, 2.45) is 5.92 Å². The van der Waals surface area contributed by atoms with Crippen LogP contribution in [0.2, 0.25) is 0 Å². The molecule has 3 rings (SSSR count). The number of carbonyl (C=O) groups excluding carboxylic acids is 1. The molecule has 1 saturated heterocycles. The van der Waals surface area contributed by atoms with Gasteiger partial charge < -0.3 is 15.4 Å². The van der Waals surface area contributed by atoms with Crippen LogP contribution in [0.5, 0.6) is 5.75 Å². The van der Waals surface area contributed by atoms with Crippen LogP contribution in [0.1, 0.15) is 24.8 Å². The van der Waals surface area contributed by atoms with Crippen LogP contribution in [0, 0.1) is 5.92 Å². The lowest BCUT2D eigenvalue weighted by Gasteiger charge is -2.23. The summed E-state index contributed by atoms with van der Waals surface area (Å²) in [6, 6.07) is 6.08. The highest BCUT2D eigenvalue weighted by atomic mass is 35.5. The minimum absolute atomic E-state index is 0. The summed E-state index contributed by atoms with van der Waals surface area (Å²) >= 11 is 0. The van der Waals surface area contributed by atoms with E-state index in [1.54, 1.807) is 0 Å². The van der Waals surface area contributed by atoms with Crippen LogP contribution in [0.15, 0.2) is 18.2 Å². The molecule has 2 N–H and O–H groups in total. The average Bonchev–Trinajstić information content (AvgIpc) is 2.46. The molecule has 2 heterocycles. The number of esters is 1. The van der Waals surface area contributed by atoms with E-state index in [2.05, 4.69) is 22.8 Å². The van der Waals surface area contributed by atoms with E-state index in [9.17, 15) is 4.79 Å². The van der Waals surface area contributed by atoms with Gasteiger partial charge in [0.15, 0.2) is 5.75 Å². The number of rotatable bonds is 3. The van der Waals surface area contributed by atoms with Crippen molar-refractivity contribution >= 4 is 24.1 Å². The molecule has 110 valence electrons. The van der Waals surface area contributed by atoms with Crippen LogP contribution in [-0.4, -0.2) is 25.6 Å². The largest absolute Gasteiger partial charge is 0.423 e. The summed E-state index contributed by atoms with van der Waals surface area (Å²) in [7, 11) is 0. The van der Waals surface area contributed by atoms with Gasteiger partial charge >= 0.3 is 5.97 Å². The van der Waals surface area contributed by atoms with Crippen LogP contribution >= 0.6 is 12.4 Å². The number of piperidine rings is 1. The molecule has 0 atom stereocenters. The Kier molecular flexibility index (Phi) is 5.26. The molecule has 4 nitrogen and oxygen atoms in total. The van der Waals surface area contributed by atoms with Crippen LogP contribution in [-0.2, 0) is 11.2 Å². The van der Waals surface area contributed by atoms with Crippen LogP contribution in [0.4, 0.5) is 5.69 Å². The second kappa shape index (κ2) is 6.95. The first kappa shape index (κ1) is 15.1. The number of anilines is 1. The Bertz CT molecular complexity index is 473. The number of halogens is 1. The van der Waals surface area contributed by atoms with E-state index in [0.29, 0.717) is 5.75 Å². The SMILES string of the molecule is Cl.O=C1CNc2cc(CCC3CCNCC3)ccc2O1. The minimum Gasteiger partial charge on any atom is -0.423 e. The third-order valence-electron chi connectivity index (χ3n) is 3.99. The van der Waals surface area contributed by atoms with Gasteiger partial charge in [0.05, 0.1) is 5.69 Å². The van der Waals surface area contributed by atoms with Gasteiger partial charge in [0, 0.05) is 0 Å². The maximum Gasteiger partial charge on any atom is 0.330 e. The summed E-state index contributed by atoms with van der Waals surface area (Å²) in [4.78, 5) is 11.2. The molecule has 0 bridgehead atoms. The van der Waals surface area contributed by atoms with Gasteiger partial charge in [-0.15, -0.1) is 12.4 Å². The lowest BCUT2D eigenvalue weighted by Crippen LogP contribution is -2.28. The Balaban J connectivity index is 0.00000147. The zero-order valence-corrected chi connectivity index (χ0v) is 12.3. The third-order valence-corrected chi connectivity index (χ3v) is 3.99. The third kappa shape index (κ3) is 3.64. The molecule has 0 saturated carbocycles. The molecular formula is C15H21ClN2O2. The van der Waals surface area contributed by atoms with Crippen molar-refractivity contribution in [2.45, 2.75) is 25.7 Å². The standard InChI is InChI=1S/C15H20N2O2.ClH/c18-15-10-17-13-9-12(3-4-14(13)19-15)2-1-11-5-7-16-8-6-11;/h3-4,9,11,16-17H,1-2,5-8,10H2;1H. The molecular weight excluding hydrogens is 276 g/mol. The van der Waals surface area contributed by atoms with Gasteiger partial charge in [-0.1, -0.05) is 6.07 Å². The molecule has 1 fully saturated rings. The van der Waals surface area contributed by atoms with Crippen LogP contribution in [0.25, 0.3) is 0 Å². The van der Waals surface area contributed by atoms with Gasteiger partial charge in [-0.25, -0.2) is 4.79 Å². The topological polar surface area (TPSA) is 50.4 Å². The Morgan fingerprint density at radius 2 is 2.05 bits per heavy atom. The number of nitrogens with one attached hydrogen (secondary N) is 2. The first-order valence-electron chi connectivity index (χ1n) is 7.09. The van der Waals surface area contributed by atoms with Crippen molar-refractivity contribution < 1.29 is 9.53 Å².